The number of carbonyl (C=O) groups is 1. The molecule has 2 aromatic carbocycles. The zero-order valence-electron chi connectivity index (χ0n) is 13.4. The van der Waals surface area contributed by atoms with E-state index in [4.69, 9.17) is 11.6 Å². The second-order valence-corrected chi connectivity index (χ2v) is 5.93. The molecule has 1 amide bonds. The van der Waals surface area contributed by atoms with Crippen molar-refractivity contribution in [2.24, 2.45) is 0 Å². The third-order valence-electron chi connectivity index (χ3n) is 3.86. The molecule has 122 valence electrons. The van der Waals surface area contributed by atoms with Crippen molar-refractivity contribution in [3.05, 3.63) is 82.9 Å². The molecule has 3 rings (SSSR count). The summed E-state index contributed by atoms with van der Waals surface area (Å²) in [6.45, 7) is 2.41. The van der Waals surface area contributed by atoms with Crippen molar-refractivity contribution < 1.29 is 4.79 Å². The number of hydrogen-bond acceptors (Lipinski definition) is 2. The van der Waals surface area contributed by atoms with Crippen molar-refractivity contribution in [2.75, 3.05) is 0 Å². The minimum absolute atomic E-state index is 0.0553. The molecular weight excluding hydrogens is 322 g/mol. The molecule has 1 aromatic heterocycles. The average Bonchev–Trinajstić information content (AvgIpc) is 3.01. The second-order valence-electron chi connectivity index (χ2n) is 5.52. The number of halogens is 1. The van der Waals surface area contributed by atoms with Gasteiger partial charge in [0.2, 0.25) is 5.91 Å². The zero-order chi connectivity index (χ0) is 16.9. The minimum Gasteiger partial charge on any atom is -0.352 e. The van der Waals surface area contributed by atoms with E-state index in [1.165, 1.54) is 0 Å². The summed E-state index contributed by atoms with van der Waals surface area (Å²) in [4.78, 5) is 16.5. The quantitative estimate of drug-likeness (QED) is 0.770. The van der Waals surface area contributed by atoms with Gasteiger partial charge < -0.3 is 9.88 Å². The van der Waals surface area contributed by atoms with E-state index < -0.39 is 0 Å². The van der Waals surface area contributed by atoms with Gasteiger partial charge in [0.25, 0.3) is 0 Å². The molecule has 1 heterocycles. The topological polar surface area (TPSA) is 46.9 Å². The number of para-hydroxylation sites is 1. The van der Waals surface area contributed by atoms with Crippen LogP contribution in [0.2, 0.25) is 5.02 Å². The fraction of sp³-hybridized carbons (Fsp3) is 0.158. The SMILES string of the molecule is Cc1nccn1-c1ccccc1CNC(=O)Cc1ccccc1Cl. The van der Waals surface area contributed by atoms with Gasteiger partial charge in [-0.25, -0.2) is 4.98 Å². The Morgan fingerprint density at radius 3 is 2.54 bits per heavy atom. The van der Waals surface area contributed by atoms with E-state index in [0.29, 0.717) is 11.6 Å². The first-order valence-electron chi connectivity index (χ1n) is 7.73. The summed E-state index contributed by atoms with van der Waals surface area (Å²) < 4.78 is 2.01. The number of amides is 1. The number of rotatable bonds is 5. The number of nitrogens with one attached hydrogen (secondary N) is 1. The molecule has 1 N–H and O–H groups in total. The van der Waals surface area contributed by atoms with Gasteiger partial charge in [-0.1, -0.05) is 48.0 Å². The highest BCUT2D eigenvalue weighted by Gasteiger charge is 2.09. The van der Waals surface area contributed by atoms with Crippen LogP contribution in [0.25, 0.3) is 5.69 Å². The lowest BCUT2D eigenvalue weighted by molar-refractivity contribution is -0.120. The van der Waals surface area contributed by atoms with E-state index in [-0.39, 0.29) is 12.3 Å². The first-order chi connectivity index (χ1) is 11.6. The predicted molar refractivity (Wildman–Crippen MR) is 95.3 cm³/mol. The lowest BCUT2D eigenvalue weighted by Gasteiger charge is -2.13. The molecule has 0 unspecified atom stereocenters. The molecule has 0 aliphatic carbocycles. The largest absolute Gasteiger partial charge is 0.352 e. The van der Waals surface area contributed by atoms with Gasteiger partial charge in [-0.3, -0.25) is 4.79 Å². The van der Waals surface area contributed by atoms with Gasteiger partial charge in [-0.2, -0.15) is 0 Å². The fourth-order valence-corrected chi connectivity index (χ4v) is 2.80. The maximum Gasteiger partial charge on any atom is 0.224 e. The summed E-state index contributed by atoms with van der Waals surface area (Å²) in [5, 5.41) is 3.58. The van der Waals surface area contributed by atoms with Gasteiger partial charge >= 0.3 is 0 Å². The van der Waals surface area contributed by atoms with Crippen LogP contribution in [0.3, 0.4) is 0 Å². The normalized spacial score (nSPS) is 10.6. The molecule has 0 spiro atoms. The first-order valence-corrected chi connectivity index (χ1v) is 8.11. The molecule has 0 atom stereocenters. The molecule has 0 saturated heterocycles. The second kappa shape index (κ2) is 7.32. The van der Waals surface area contributed by atoms with Gasteiger partial charge in [0.15, 0.2) is 0 Å². The van der Waals surface area contributed by atoms with Crippen LogP contribution in [-0.4, -0.2) is 15.5 Å². The zero-order valence-corrected chi connectivity index (χ0v) is 14.1. The lowest BCUT2D eigenvalue weighted by atomic mass is 10.1. The highest BCUT2D eigenvalue weighted by molar-refractivity contribution is 6.31. The third kappa shape index (κ3) is 3.66. The van der Waals surface area contributed by atoms with E-state index in [2.05, 4.69) is 10.3 Å². The minimum atomic E-state index is -0.0553. The molecule has 4 nitrogen and oxygen atoms in total. The first kappa shape index (κ1) is 16.3. The van der Waals surface area contributed by atoms with Gasteiger partial charge in [-0.05, 0) is 30.2 Å². The van der Waals surface area contributed by atoms with Crippen molar-refractivity contribution in [1.82, 2.24) is 14.9 Å². The molecule has 24 heavy (non-hydrogen) atoms. The number of benzene rings is 2. The van der Waals surface area contributed by atoms with Crippen molar-refractivity contribution in [2.45, 2.75) is 19.9 Å². The fourth-order valence-electron chi connectivity index (χ4n) is 2.60. The van der Waals surface area contributed by atoms with E-state index in [1.54, 1.807) is 12.3 Å². The van der Waals surface area contributed by atoms with Crippen LogP contribution in [0.1, 0.15) is 17.0 Å². The Kier molecular flexibility index (Phi) is 4.96. The van der Waals surface area contributed by atoms with Crippen LogP contribution in [-0.2, 0) is 17.8 Å². The number of aromatic nitrogens is 2. The molecule has 0 saturated carbocycles. The van der Waals surface area contributed by atoms with Crippen molar-refractivity contribution in [3.8, 4) is 5.69 Å². The summed E-state index contributed by atoms with van der Waals surface area (Å²) in [6.07, 6.45) is 3.95. The van der Waals surface area contributed by atoms with Crippen molar-refractivity contribution >= 4 is 17.5 Å². The van der Waals surface area contributed by atoms with Crippen LogP contribution in [0.5, 0.6) is 0 Å². The van der Waals surface area contributed by atoms with Crippen LogP contribution < -0.4 is 5.32 Å². The van der Waals surface area contributed by atoms with Crippen LogP contribution >= 0.6 is 11.6 Å². The molecule has 5 heteroatoms. The molecule has 0 aliphatic rings. The standard InChI is InChI=1S/C19H18ClN3O/c1-14-21-10-11-23(14)18-9-5-3-7-16(18)13-22-19(24)12-15-6-2-4-8-17(15)20/h2-11H,12-13H2,1H3,(H,22,24). The Morgan fingerprint density at radius 2 is 1.83 bits per heavy atom. The summed E-state index contributed by atoms with van der Waals surface area (Å²) in [6, 6.07) is 15.4. The maximum absolute atomic E-state index is 12.2. The van der Waals surface area contributed by atoms with E-state index in [1.807, 2.05) is 60.2 Å². The molecule has 0 aliphatic heterocycles. The Bertz CT molecular complexity index is 857. The van der Waals surface area contributed by atoms with Crippen molar-refractivity contribution in [1.29, 1.82) is 0 Å². The summed E-state index contributed by atoms with van der Waals surface area (Å²) in [5.41, 5.74) is 2.88. The molecule has 3 aromatic rings. The monoisotopic (exact) mass is 339 g/mol. The molecule has 0 fully saturated rings. The molecular formula is C19H18ClN3O. The van der Waals surface area contributed by atoms with Crippen LogP contribution in [0, 0.1) is 6.92 Å². The molecule has 0 bridgehead atoms. The summed E-state index contributed by atoms with van der Waals surface area (Å²) in [7, 11) is 0. The maximum atomic E-state index is 12.2. The molecule has 0 radical (unpaired) electrons. The van der Waals surface area contributed by atoms with Crippen LogP contribution in [0.15, 0.2) is 60.9 Å². The Hall–Kier alpha value is -2.59. The van der Waals surface area contributed by atoms with Crippen molar-refractivity contribution in [3.63, 3.8) is 0 Å². The Labute approximate surface area is 146 Å². The highest BCUT2D eigenvalue weighted by atomic mass is 35.5. The van der Waals surface area contributed by atoms with E-state index >= 15 is 0 Å². The van der Waals surface area contributed by atoms with E-state index in [9.17, 15) is 4.79 Å². The number of aryl methyl sites for hydroxylation is 1. The number of nitrogens with zero attached hydrogens (tertiary/aromatic N) is 2. The Balaban J connectivity index is 1.70. The average molecular weight is 340 g/mol. The smallest absolute Gasteiger partial charge is 0.224 e. The van der Waals surface area contributed by atoms with Gasteiger partial charge in [0, 0.05) is 24.0 Å². The van der Waals surface area contributed by atoms with Crippen LogP contribution in [0.4, 0.5) is 0 Å². The third-order valence-corrected chi connectivity index (χ3v) is 4.23. The summed E-state index contributed by atoms with van der Waals surface area (Å²) >= 11 is 6.11. The van der Waals surface area contributed by atoms with Gasteiger partial charge in [-0.15, -0.1) is 0 Å². The number of imidazole rings is 1. The van der Waals surface area contributed by atoms with Gasteiger partial charge in [0.1, 0.15) is 5.82 Å². The Morgan fingerprint density at radius 1 is 1.12 bits per heavy atom. The highest BCUT2D eigenvalue weighted by Crippen LogP contribution is 2.17. The number of hydrogen-bond donors (Lipinski definition) is 1. The predicted octanol–water partition coefficient (Wildman–Crippen LogP) is 3.69. The summed E-state index contributed by atoms with van der Waals surface area (Å²) in [5.74, 6) is 0.852. The number of carbonyl (C=O) groups excluding carboxylic acids is 1. The van der Waals surface area contributed by atoms with Gasteiger partial charge in [0.05, 0.1) is 12.1 Å². The lowest BCUT2D eigenvalue weighted by Crippen LogP contribution is -2.25. The van der Waals surface area contributed by atoms with E-state index in [0.717, 1.165) is 22.6 Å².